The highest BCUT2D eigenvalue weighted by Crippen LogP contribution is 2.53. The number of aliphatic hydroxyl groups is 8. The second-order valence-corrected chi connectivity index (χ2v) is 24.3. The normalized spacial score (nSPS) is 24.7. The van der Waals surface area contributed by atoms with Crippen LogP contribution in [-0.4, -0.2) is 159 Å². The first-order chi connectivity index (χ1) is 44.4. The largest absolute Gasteiger partial charge is 0.394 e. The molecule has 498 valence electrons. The summed E-state index contributed by atoms with van der Waals surface area (Å²) in [6.07, 6.45) is -15.4. The van der Waals surface area contributed by atoms with E-state index in [1.165, 1.54) is 11.9 Å². The highest BCUT2D eigenvalue weighted by atomic mass is 32.2. The van der Waals surface area contributed by atoms with E-state index in [-0.39, 0.29) is 23.5 Å². The summed E-state index contributed by atoms with van der Waals surface area (Å²) < 4.78 is 306. The Labute approximate surface area is 521 Å². The Balaban J connectivity index is 1.24. The zero-order chi connectivity index (χ0) is 68.0. The molecular formula is C59H39F18N5O10S2. The van der Waals surface area contributed by atoms with E-state index in [1.807, 2.05) is 0 Å². The Kier molecular flexibility index (Phi) is 17.6. The number of likely N-dealkylation sites (N-methyl/N-ethyl adjacent to an activating group) is 1. The van der Waals surface area contributed by atoms with E-state index in [9.17, 15) is 49.6 Å². The number of ether oxygens (including phenoxy) is 2. The number of aromatic nitrogens is 4. The summed E-state index contributed by atoms with van der Waals surface area (Å²) in [4.78, 5) is 11.5. The van der Waals surface area contributed by atoms with Gasteiger partial charge in [-0.3, -0.25) is 4.98 Å². The average molecular weight is 1380 g/mol. The van der Waals surface area contributed by atoms with Crippen LogP contribution in [0.15, 0.2) is 34.1 Å². The quantitative estimate of drug-likeness (QED) is 0.0349. The van der Waals surface area contributed by atoms with Crippen molar-refractivity contribution in [2.45, 2.75) is 81.3 Å². The summed E-state index contributed by atoms with van der Waals surface area (Å²) >= 11 is -0.650. The Morgan fingerprint density at radius 2 is 0.660 bits per heavy atom. The second kappa shape index (κ2) is 24.7. The zero-order valence-electron chi connectivity index (χ0n) is 46.6. The van der Waals surface area contributed by atoms with Gasteiger partial charge in [0.05, 0.1) is 68.0 Å². The molecule has 12 atom stereocenters. The maximum Gasteiger partial charge on any atom is 0.200 e. The number of rotatable bonds is 10. The SMILES string of the molecule is CN1CC2c3nc(c(-c4c(F)c(F)c(S[C@@H]5O[C@H](CO)[C@@H](O)[C@H](O)[C@H]5O)c(F)c4F)c4ccc([nH]4)c(-c4c(F)c(F)c(F)c(F)c4F)c4nc(c(-c5c(F)c(F)c(S[C@@H]6O[C@H](CO)[C@@H](O)[C@H](O)[C@H]6O)c(F)c5F)c5ccc([nH]5)c3-c3c(F)c(F)c(F)c(F)c3F)C=C4)C2C1. The van der Waals surface area contributed by atoms with Gasteiger partial charge < -0.3 is 65.2 Å². The highest BCUT2D eigenvalue weighted by Gasteiger charge is 2.49. The lowest BCUT2D eigenvalue weighted by molar-refractivity contribution is -0.205. The lowest BCUT2D eigenvalue weighted by Gasteiger charge is -2.39. The van der Waals surface area contributed by atoms with Crippen LogP contribution in [-0.2, 0) is 9.47 Å². The number of nitrogens with zero attached hydrogens (tertiary/aromatic N) is 3. The first-order valence-electron chi connectivity index (χ1n) is 27.3. The minimum atomic E-state index is -2.75. The van der Waals surface area contributed by atoms with Crippen LogP contribution >= 0.6 is 23.5 Å². The van der Waals surface area contributed by atoms with E-state index in [4.69, 9.17) is 9.47 Å². The lowest BCUT2D eigenvalue weighted by Crippen LogP contribution is -2.57. The number of thioether (sulfide) groups is 2. The maximum atomic E-state index is 17.5. The van der Waals surface area contributed by atoms with Gasteiger partial charge in [0.2, 0.25) is 11.6 Å². The Morgan fingerprint density at radius 3 is 0.968 bits per heavy atom. The summed E-state index contributed by atoms with van der Waals surface area (Å²) in [5, 5.41) is 82.2. The van der Waals surface area contributed by atoms with Crippen molar-refractivity contribution >= 4 is 57.7 Å². The lowest BCUT2D eigenvalue weighted by atomic mass is 9.86. The number of benzene rings is 4. The number of aromatic amines is 2. The summed E-state index contributed by atoms with van der Waals surface area (Å²) in [5.74, 6) is -48.8. The molecule has 35 heteroatoms. The van der Waals surface area contributed by atoms with Crippen molar-refractivity contribution in [3.05, 3.63) is 152 Å². The Morgan fingerprint density at radius 1 is 0.383 bits per heavy atom. The van der Waals surface area contributed by atoms with Crippen molar-refractivity contribution < 1.29 is 129 Å². The van der Waals surface area contributed by atoms with E-state index in [2.05, 4.69) is 19.9 Å². The molecule has 5 aliphatic rings. The van der Waals surface area contributed by atoms with E-state index in [0.717, 1.165) is 0 Å². The molecule has 4 aromatic carbocycles. The zero-order valence-corrected chi connectivity index (χ0v) is 48.2. The molecule has 94 heavy (non-hydrogen) atoms. The van der Waals surface area contributed by atoms with Gasteiger partial charge in [0.1, 0.15) is 59.7 Å². The number of halogens is 18. The van der Waals surface area contributed by atoms with E-state index >= 15 is 70.2 Å². The van der Waals surface area contributed by atoms with Crippen molar-refractivity contribution in [2.24, 2.45) is 0 Å². The first-order valence-corrected chi connectivity index (χ1v) is 29.1. The van der Waals surface area contributed by atoms with Gasteiger partial charge in [0.15, 0.2) is 93.1 Å². The number of H-pyrrole nitrogens is 2. The molecule has 3 saturated heterocycles. The number of hydrogen-bond acceptors (Lipinski definition) is 15. The molecule has 0 spiro atoms. The molecule has 15 nitrogen and oxygen atoms in total. The van der Waals surface area contributed by atoms with Gasteiger partial charge in [-0.2, -0.15) is 0 Å². The monoisotopic (exact) mass is 1380 g/mol. The molecule has 3 aromatic heterocycles. The Hall–Kier alpha value is -7.26. The van der Waals surface area contributed by atoms with Crippen LogP contribution in [0.25, 0.3) is 78.7 Å². The van der Waals surface area contributed by atoms with Gasteiger partial charge >= 0.3 is 0 Å². The number of nitrogens with one attached hydrogen (secondary N) is 2. The third kappa shape index (κ3) is 10.3. The molecule has 0 amide bonds. The fourth-order valence-electron chi connectivity index (χ4n) is 12.0. The van der Waals surface area contributed by atoms with Gasteiger partial charge in [-0.1, -0.05) is 23.5 Å². The molecule has 2 unspecified atom stereocenters. The van der Waals surface area contributed by atoms with Crippen molar-refractivity contribution in [3.8, 4) is 44.5 Å². The van der Waals surface area contributed by atoms with Crippen molar-refractivity contribution in [2.75, 3.05) is 33.4 Å². The first kappa shape index (κ1) is 66.7. The van der Waals surface area contributed by atoms with Crippen LogP contribution in [0, 0.1) is 105 Å². The van der Waals surface area contributed by atoms with Crippen LogP contribution < -0.4 is 0 Å². The smallest absolute Gasteiger partial charge is 0.200 e. The molecule has 8 heterocycles. The molecule has 0 aliphatic carbocycles. The van der Waals surface area contributed by atoms with Gasteiger partial charge in [-0.05, 0) is 43.5 Å². The topological polar surface area (TPSA) is 241 Å². The van der Waals surface area contributed by atoms with Crippen LogP contribution in [0.2, 0.25) is 0 Å². The molecule has 7 aromatic rings. The summed E-state index contributed by atoms with van der Waals surface area (Å²) in [7, 11) is 1.34. The van der Waals surface area contributed by atoms with Gasteiger partial charge in [-0.15, -0.1) is 0 Å². The van der Waals surface area contributed by atoms with Crippen LogP contribution in [0.5, 0.6) is 0 Å². The summed E-state index contributed by atoms with van der Waals surface area (Å²) in [6.45, 7) is -3.07. The molecule has 5 aliphatic heterocycles. The predicted octanol–water partition coefficient (Wildman–Crippen LogP) is 9.25. The maximum absolute atomic E-state index is 17.5. The predicted molar refractivity (Wildman–Crippen MR) is 293 cm³/mol. The van der Waals surface area contributed by atoms with E-state index < -0.39 is 302 Å². The fraction of sp³-hybridized carbons (Fsp3) is 0.288. The van der Waals surface area contributed by atoms with Crippen molar-refractivity contribution in [1.29, 1.82) is 0 Å². The average Bonchev–Trinajstić information content (AvgIpc) is 1.54. The molecule has 3 fully saturated rings. The number of likely N-dealkylation sites (tertiary alicyclic amines) is 1. The second-order valence-electron chi connectivity index (χ2n) is 22.0. The third-order valence-corrected chi connectivity index (χ3v) is 19.0. The molecule has 12 rings (SSSR count). The highest BCUT2D eigenvalue weighted by molar-refractivity contribution is 8.00. The fourth-order valence-corrected chi connectivity index (χ4v) is 14.3. The third-order valence-electron chi connectivity index (χ3n) is 16.6. The number of hydrogen-bond donors (Lipinski definition) is 10. The Bertz CT molecular complexity index is 4450. The van der Waals surface area contributed by atoms with Crippen molar-refractivity contribution in [1.82, 2.24) is 24.8 Å². The number of fused-ring (bicyclic) bond motifs is 11. The van der Waals surface area contributed by atoms with Crippen molar-refractivity contribution in [3.63, 3.8) is 0 Å². The van der Waals surface area contributed by atoms with Crippen LogP contribution in [0.1, 0.15) is 34.6 Å². The van der Waals surface area contributed by atoms with E-state index in [0.29, 0.717) is 36.4 Å². The minimum Gasteiger partial charge on any atom is -0.394 e. The van der Waals surface area contributed by atoms with Gasteiger partial charge in [0.25, 0.3) is 0 Å². The minimum absolute atomic E-state index is 0.319. The molecule has 8 bridgehead atoms. The number of aliphatic hydroxyl groups excluding tert-OH is 8. The molecule has 0 saturated carbocycles. The van der Waals surface area contributed by atoms with Crippen LogP contribution in [0.3, 0.4) is 0 Å². The molecule has 0 radical (unpaired) electrons. The van der Waals surface area contributed by atoms with Gasteiger partial charge in [-0.25, -0.2) is 84.0 Å². The molecular weight excluding hydrogens is 1340 g/mol. The summed E-state index contributed by atoms with van der Waals surface area (Å²) in [5.41, 5.74) is -24.2. The standard InChI is InChI=1S/C59H39F18N5O10S2/c1-82-8-12-13(9-82)49-25(29-36(66)46(76)57(47(77)37(29)67)94-59-55(90)53(88)51(86)21(11-84)92-59)19-7-4-16(79-19)22(26-30(60)38(68)42(72)39(69)31(26)61)14-2-3-15(78-14)23(17-5-6-18(80-17)24(48(12)81-49)28-32(62)40(70)43(73)41(71)33(28)63)27-34(64)44(74)56(45(75)35(27)65)93-58-54(89)52(87)50(85)20(10-83)91-58/h2-7,12-13,20-21,50-55,58-59,79-80,83-90H,8-11H2,1H3/t12?,13?,20-,21-,50-,51-,52+,53+,54-,55-,58+,59+/m1/s1. The molecule has 10 N–H and O–H groups in total. The van der Waals surface area contributed by atoms with Gasteiger partial charge in [0, 0.05) is 69.2 Å². The summed E-state index contributed by atoms with van der Waals surface area (Å²) in [6, 6.07) is 2.73. The van der Waals surface area contributed by atoms with Crippen LogP contribution in [0.4, 0.5) is 79.0 Å². The van der Waals surface area contributed by atoms with E-state index in [1.54, 1.807) is 0 Å².